The van der Waals surface area contributed by atoms with Crippen LogP contribution >= 0.6 is 0 Å². The highest BCUT2D eigenvalue weighted by atomic mass is 16.5. The van der Waals surface area contributed by atoms with Gasteiger partial charge in [-0.15, -0.1) is 0 Å². The molecule has 1 unspecified atom stereocenters. The van der Waals surface area contributed by atoms with Gasteiger partial charge in [-0.25, -0.2) is 0 Å². The number of furan rings is 1. The summed E-state index contributed by atoms with van der Waals surface area (Å²) in [4.78, 5) is 12.5. The maximum Gasteiger partial charge on any atom is 0.287 e. The van der Waals surface area contributed by atoms with Crippen LogP contribution in [0.4, 0.5) is 0 Å². The smallest absolute Gasteiger partial charge is 0.287 e. The quantitative estimate of drug-likeness (QED) is 0.564. The highest BCUT2D eigenvalue weighted by Crippen LogP contribution is 2.19. The van der Waals surface area contributed by atoms with Crippen LogP contribution in [0, 0.1) is 6.92 Å². The topological polar surface area (TPSA) is 69.3 Å². The normalized spacial score (nSPS) is 12.0. The Bertz CT molecular complexity index is 941. The summed E-state index contributed by atoms with van der Waals surface area (Å²) < 4.78 is 13.3. The number of rotatable bonds is 9. The second kappa shape index (κ2) is 9.45. The minimum absolute atomic E-state index is 0.158. The van der Waals surface area contributed by atoms with E-state index < -0.39 is 0 Å². The molecule has 0 saturated heterocycles. The van der Waals surface area contributed by atoms with Gasteiger partial charge in [-0.1, -0.05) is 25.5 Å². The molecule has 2 heterocycles. The Kier molecular flexibility index (Phi) is 6.75. The molecule has 6 heteroatoms. The highest BCUT2D eigenvalue weighted by molar-refractivity contribution is 5.91. The van der Waals surface area contributed by atoms with Crippen molar-refractivity contribution in [3.8, 4) is 5.75 Å². The van der Waals surface area contributed by atoms with Gasteiger partial charge in [0.05, 0.1) is 11.7 Å². The fourth-order valence-electron chi connectivity index (χ4n) is 3.24. The molecule has 0 saturated carbocycles. The third kappa shape index (κ3) is 5.28. The van der Waals surface area contributed by atoms with Crippen molar-refractivity contribution in [2.45, 2.75) is 59.7 Å². The van der Waals surface area contributed by atoms with Crippen molar-refractivity contribution < 1.29 is 13.9 Å². The van der Waals surface area contributed by atoms with E-state index in [-0.39, 0.29) is 24.3 Å². The molecule has 1 N–H and O–H groups in total. The molecule has 3 rings (SSSR count). The van der Waals surface area contributed by atoms with E-state index in [1.165, 1.54) is 5.56 Å². The van der Waals surface area contributed by atoms with E-state index in [9.17, 15) is 4.79 Å². The zero-order chi connectivity index (χ0) is 20.8. The average molecular weight is 396 g/mol. The standard InChI is InChI=1S/C23H29N3O3/c1-5-7-18-8-10-19(11-9-18)28-15-20-12-13-22(29-20)23(27)24-16(3)21-14-26(6-2)25-17(21)4/h8-14,16H,5-7,15H2,1-4H3,(H,24,27). The van der Waals surface area contributed by atoms with Gasteiger partial charge in [-0.05, 0) is 57.0 Å². The number of ether oxygens (including phenoxy) is 1. The Hall–Kier alpha value is -3.02. The van der Waals surface area contributed by atoms with Gasteiger partial charge in [0, 0.05) is 18.3 Å². The Morgan fingerprint density at radius 2 is 1.97 bits per heavy atom. The fraction of sp³-hybridized carbons (Fsp3) is 0.391. The molecule has 0 aliphatic rings. The molecular formula is C23H29N3O3. The summed E-state index contributed by atoms with van der Waals surface area (Å²) in [6, 6.07) is 11.4. The molecule has 29 heavy (non-hydrogen) atoms. The summed E-state index contributed by atoms with van der Waals surface area (Å²) >= 11 is 0. The summed E-state index contributed by atoms with van der Waals surface area (Å²) in [5.74, 6) is 1.41. The number of amides is 1. The first-order valence-electron chi connectivity index (χ1n) is 10.1. The van der Waals surface area contributed by atoms with Gasteiger partial charge in [0.1, 0.15) is 18.1 Å². The molecule has 0 radical (unpaired) electrons. The molecule has 0 bridgehead atoms. The van der Waals surface area contributed by atoms with E-state index in [2.05, 4.69) is 29.5 Å². The van der Waals surface area contributed by atoms with Crippen molar-refractivity contribution >= 4 is 5.91 Å². The van der Waals surface area contributed by atoms with Crippen LogP contribution in [0.3, 0.4) is 0 Å². The van der Waals surface area contributed by atoms with Crippen LogP contribution < -0.4 is 10.1 Å². The first-order valence-corrected chi connectivity index (χ1v) is 10.1. The molecular weight excluding hydrogens is 366 g/mol. The van der Waals surface area contributed by atoms with Gasteiger partial charge in [-0.3, -0.25) is 9.48 Å². The number of hydrogen-bond acceptors (Lipinski definition) is 4. The molecule has 154 valence electrons. The van der Waals surface area contributed by atoms with E-state index >= 15 is 0 Å². The molecule has 3 aromatic rings. The number of hydrogen-bond donors (Lipinski definition) is 1. The predicted molar refractivity (Wildman–Crippen MR) is 112 cm³/mol. The second-order valence-corrected chi connectivity index (χ2v) is 7.17. The Labute approximate surface area is 171 Å². The van der Waals surface area contributed by atoms with Crippen LogP contribution in [0.15, 0.2) is 47.0 Å². The lowest BCUT2D eigenvalue weighted by Crippen LogP contribution is -2.26. The van der Waals surface area contributed by atoms with Crippen molar-refractivity contribution in [2.24, 2.45) is 0 Å². The molecule has 6 nitrogen and oxygen atoms in total. The van der Waals surface area contributed by atoms with E-state index in [0.717, 1.165) is 36.4 Å². The zero-order valence-electron chi connectivity index (χ0n) is 17.6. The molecule has 0 aliphatic carbocycles. The monoisotopic (exact) mass is 395 g/mol. The number of nitrogens with zero attached hydrogens (tertiary/aromatic N) is 2. The van der Waals surface area contributed by atoms with E-state index in [4.69, 9.17) is 9.15 Å². The van der Waals surface area contributed by atoms with Crippen molar-refractivity contribution in [3.63, 3.8) is 0 Å². The van der Waals surface area contributed by atoms with Crippen LogP contribution in [0.2, 0.25) is 0 Å². The number of aromatic nitrogens is 2. The number of carbonyl (C=O) groups excluding carboxylic acids is 1. The number of carbonyl (C=O) groups is 1. The van der Waals surface area contributed by atoms with Crippen LogP contribution in [-0.2, 0) is 19.6 Å². The van der Waals surface area contributed by atoms with E-state index in [0.29, 0.717) is 5.76 Å². The summed E-state index contributed by atoms with van der Waals surface area (Å²) in [7, 11) is 0. The van der Waals surface area contributed by atoms with Crippen molar-refractivity contribution in [3.05, 3.63) is 70.9 Å². The van der Waals surface area contributed by atoms with Gasteiger partial charge >= 0.3 is 0 Å². The van der Waals surface area contributed by atoms with Gasteiger partial charge in [-0.2, -0.15) is 5.10 Å². The van der Waals surface area contributed by atoms with Gasteiger partial charge in [0.15, 0.2) is 5.76 Å². The van der Waals surface area contributed by atoms with Crippen LogP contribution in [0.1, 0.15) is 66.4 Å². The summed E-state index contributed by atoms with van der Waals surface area (Å²) in [5.41, 5.74) is 3.21. The molecule has 0 aliphatic heterocycles. The zero-order valence-corrected chi connectivity index (χ0v) is 17.6. The SMILES string of the molecule is CCCc1ccc(OCc2ccc(C(=O)NC(C)c3cn(CC)nc3C)o2)cc1. The third-order valence-electron chi connectivity index (χ3n) is 4.85. The Balaban J connectivity index is 1.55. The number of benzene rings is 1. The minimum Gasteiger partial charge on any atom is -0.486 e. The lowest BCUT2D eigenvalue weighted by Gasteiger charge is -2.12. The van der Waals surface area contributed by atoms with Gasteiger partial charge in [0.2, 0.25) is 0 Å². The molecule has 0 spiro atoms. The molecule has 0 fully saturated rings. The number of aryl methyl sites for hydroxylation is 3. The Morgan fingerprint density at radius 1 is 1.21 bits per heavy atom. The largest absolute Gasteiger partial charge is 0.486 e. The van der Waals surface area contributed by atoms with Crippen LogP contribution in [0.5, 0.6) is 5.75 Å². The predicted octanol–water partition coefficient (Wildman–Crippen LogP) is 4.83. The van der Waals surface area contributed by atoms with Crippen LogP contribution in [-0.4, -0.2) is 15.7 Å². The van der Waals surface area contributed by atoms with Crippen LogP contribution in [0.25, 0.3) is 0 Å². The molecule has 1 aromatic carbocycles. The first-order chi connectivity index (χ1) is 14.0. The van der Waals surface area contributed by atoms with Gasteiger partial charge in [0.25, 0.3) is 5.91 Å². The summed E-state index contributed by atoms with van der Waals surface area (Å²) in [5, 5.41) is 7.40. The second-order valence-electron chi connectivity index (χ2n) is 7.17. The third-order valence-corrected chi connectivity index (χ3v) is 4.85. The van der Waals surface area contributed by atoms with Gasteiger partial charge < -0.3 is 14.5 Å². The lowest BCUT2D eigenvalue weighted by molar-refractivity contribution is 0.0907. The summed E-state index contributed by atoms with van der Waals surface area (Å²) in [6.07, 6.45) is 4.15. The molecule has 1 amide bonds. The molecule has 2 aromatic heterocycles. The van der Waals surface area contributed by atoms with E-state index in [1.807, 2.05) is 43.8 Å². The number of nitrogens with one attached hydrogen (secondary N) is 1. The minimum atomic E-state index is -0.253. The highest BCUT2D eigenvalue weighted by Gasteiger charge is 2.18. The van der Waals surface area contributed by atoms with E-state index in [1.54, 1.807) is 12.1 Å². The maximum atomic E-state index is 12.5. The first kappa shape index (κ1) is 20.7. The maximum absolute atomic E-state index is 12.5. The average Bonchev–Trinajstić information content (AvgIpc) is 3.34. The Morgan fingerprint density at radius 3 is 2.62 bits per heavy atom. The van der Waals surface area contributed by atoms with Crippen molar-refractivity contribution in [1.29, 1.82) is 0 Å². The fourth-order valence-corrected chi connectivity index (χ4v) is 3.24. The lowest BCUT2D eigenvalue weighted by atomic mass is 10.1. The summed E-state index contributed by atoms with van der Waals surface area (Å²) in [6.45, 7) is 9.15. The van der Waals surface area contributed by atoms with Crippen molar-refractivity contribution in [1.82, 2.24) is 15.1 Å². The van der Waals surface area contributed by atoms with Crippen molar-refractivity contribution in [2.75, 3.05) is 0 Å². The molecule has 1 atom stereocenters.